The number of nitrogens with one attached hydrogen (secondary N) is 1. The molecular formula is C12H15FIN3OS. The van der Waals surface area contributed by atoms with Crippen LogP contribution in [0.25, 0.3) is 11.0 Å². The van der Waals surface area contributed by atoms with E-state index in [2.05, 4.69) is 31.5 Å². The fraction of sp³-hybridized carbons (Fsp3) is 0.417. The van der Waals surface area contributed by atoms with E-state index in [1.54, 1.807) is 16.0 Å². The molecule has 0 aromatic carbocycles. The Hall–Kier alpha value is -0.380. The standard InChI is InChI=1S/C12H15FIN3OS/c1-15-7-11-9(13)6-12-10(16-11)2-3-17(12)8-18-4-5-19-14/h2-3,6,15H,4-5,7-8H2,1H3. The van der Waals surface area contributed by atoms with Crippen LogP contribution < -0.4 is 5.32 Å². The van der Waals surface area contributed by atoms with Crippen molar-refractivity contribution in [3.8, 4) is 0 Å². The van der Waals surface area contributed by atoms with Gasteiger partial charge in [-0.1, -0.05) is 8.93 Å². The first-order chi connectivity index (χ1) is 9.26. The molecule has 0 atom stereocenters. The summed E-state index contributed by atoms with van der Waals surface area (Å²) < 4.78 is 21.2. The Morgan fingerprint density at radius 3 is 3.16 bits per heavy atom. The molecule has 0 saturated carbocycles. The number of aromatic nitrogens is 2. The van der Waals surface area contributed by atoms with Gasteiger partial charge < -0.3 is 14.6 Å². The summed E-state index contributed by atoms with van der Waals surface area (Å²) in [6.07, 6.45) is 1.87. The molecule has 0 saturated heterocycles. The van der Waals surface area contributed by atoms with Gasteiger partial charge in [0, 0.05) is 24.6 Å². The first kappa shape index (κ1) is 15.0. The molecule has 0 aliphatic carbocycles. The van der Waals surface area contributed by atoms with E-state index in [9.17, 15) is 4.39 Å². The molecular weight excluding hydrogens is 380 g/mol. The Morgan fingerprint density at radius 2 is 2.42 bits per heavy atom. The molecule has 2 aromatic heterocycles. The third-order valence-corrected chi connectivity index (χ3v) is 4.30. The Labute approximate surface area is 127 Å². The van der Waals surface area contributed by atoms with E-state index < -0.39 is 0 Å². The molecule has 104 valence electrons. The summed E-state index contributed by atoms with van der Waals surface area (Å²) in [6.45, 7) is 1.53. The van der Waals surface area contributed by atoms with Crippen molar-refractivity contribution < 1.29 is 9.13 Å². The van der Waals surface area contributed by atoms with E-state index in [4.69, 9.17) is 4.74 Å². The first-order valence-corrected chi connectivity index (χ1v) is 9.39. The Morgan fingerprint density at radius 1 is 1.58 bits per heavy atom. The van der Waals surface area contributed by atoms with Gasteiger partial charge in [0.15, 0.2) is 0 Å². The molecule has 0 bridgehead atoms. The van der Waals surface area contributed by atoms with Gasteiger partial charge in [-0.25, -0.2) is 9.37 Å². The SMILES string of the molecule is CNCc1nc2ccn(COCCSI)c2cc1F. The van der Waals surface area contributed by atoms with Crippen LogP contribution in [0.1, 0.15) is 5.69 Å². The Kier molecular flexibility index (Phi) is 5.86. The monoisotopic (exact) mass is 395 g/mol. The maximum absolute atomic E-state index is 13.8. The van der Waals surface area contributed by atoms with Crippen molar-refractivity contribution in [2.45, 2.75) is 13.3 Å². The number of hydrogen-bond donors (Lipinski definition) is 1. The molecule has 0 radical (unpaired) electrons. The first-order valence-electron chi connectivity index (χ1n) is 5.86. The fourth-order valence-electron chi connectivity index (χ4n) is 1.78. The lowest BCUT2D eigenvalue weighted by molar-refractivity contribution is 0.0931. The average Bonchev–Trinajstić information content (AvgIpc) is 2.78. The van der Waals surface area contributed by atoms with E-state index in [1.807, 2.05) is 16.8 Å². The molecule has 0 fully saturated rings. The molecule has 0 aliphatic heterocycles. The van der Waals surface area contributed by atoms with Gasteiger partial charge in [0.25, 0.3) is 0 Å². The second-order valence-electron chi connectivity index (χ2n) is 3.99. The zero-order valence-corrected chi connectivity index (χ0v) is 13.5. The van der Waals surface area contributed by atoms with Crippen LogP contribution in [0.5, 0.6) is 0 Å². The molecule has 0 unspecified atom stereocenters. The van der Waals surface area contributed by atoms with E-state index in [0.717, 1.165) is 16.8 Å². The zero-order chi connectivity index (χ0) is 13.7. The molecule has 7 heteroatoms. The normalized spacial score (nSPS) is 11.3. The van der Waals surface area contributed by atoms with Crippen molar-refractivity contribution in [2.75, 3.05) is 19.4 Å². The minimum absolute atomic E-state index is 0.287. The Bertz CT molecular complexity index is 549. The number of rotatable bonds is 7. The highest BCUT2D eigenvalue weighted by atomic mass is 127. The smallest absolute Gasteiger partial charge is 0.148 e. The third kappa shape index (κ3) is 3.80. The number of hydrogen-bond acceptors (Lipinski definition) is 4. The van der Waals surface area contributed by atoms with Crippen molar-refractivity contribution in [2.24, 2.45) is 0 Å². The number of halogens is 2. The fourth-order valence-corrected chi connectivity index (χ4v) is 2.50. The molecule has 1 N–H and O–H groups in total. The highest BCUT2D eigenvalue weighted by Crippen LogP contribution is 2.18. The summed E-state index contributed by atoms with van der Waals surface area (Å²) in [5.41, 5.74) is 1.99. The van der Waals surface area contributed by atoms with Crippen LogP contribution in [-0.2, 0) is 18.0 Å². The van der Waals surface area contributed by atoms with Crippen molar-refractivity contribution >= 4 is 41.2 Å². The lowest BCUT2D eigenvalue weighted by Crippen LogP contribution is -2.09. The van der Waals surface area contributed by atoms with Gasteiger partial charge >= 0.3 is 0 Å². The van der Waals surface area contributed by atoms with Crippen LogP contribution >= 0.6 is 30.1 Å². The summed E-state index contributed by atoms with van der Waals surface area (Å²) in [7, 11) is 3.48. The van der Waals surface area contributed by atoms with Crippen molar-refractivity contribution in [1.29, 1.82) is 0 Å². The molecule has 2 aromatic rings. The summed E-state index contributed by atoms with van der Waals surface area (Å²) in [5.74, 6) is 0.656. The largest absolute Gasteiger partial charge is 0.360 e. The van der Waals surface area contributed by atoms with Crippen LogP contribution in [-0.4, -0.2) is 29.0 Å². The van der Waals surface area contributed by atoms with Crippen LogP contribution in [0, 0.1) is 5.82 Å². The summed E-state index contributed by atoms with van der Waals surface area (Å²) in [6, 6.07) is 3.40. The highest BCUT2D eigenvalue weighted by molar-refractivity contribution is 14.2. The van der Waals surface area contributed by atoms with Crippen molar-refractivity contribution in [3.05, 3.63) is 29.8 Å². The van der Waals surface area contributed by atoms with Gasteiger partial charge in [-0.2, -0.15) is 0 Å². The second kappa shape index (κ2) is 7.41. The summed E-state index contributed by atoms with van der Waals surface area (Å²) in [5, 5.41) is 2.91. The van der Waals surface area contributed by atoms with E-state index >= 15 is 0 Å². The maximum Gasteiger partial charge on any atom is 0.148 e. The molecule has 19 heavy (non-hydrogen) atoms. The van der Waals surface area contributed by atoms with Gasteiger partial charge in [0.2, 0.25) is 0 Å². The molecule has 0 spiro atoms. The van der Waals surface area contributed by atoms with Gasteiger partial charge in [-0.05, 0) is 34.3 Å². The van der Waals surface area contributed by atoms with Gasteiger partial charge in [0.1, 0.15) is 12.5 Å². The van der Waals surface area contributed by atoms with Gasteiger partial charge in [0.05, 0.1) is 23.3 Å². The van der Waals surface area contributed by atoms with Crippen molar-refractivity contribution in [1.82, 2.24) is 14.9 Å². The maximum atomic E-state index is 13.8. The highest BCUT2D eigenvalue weighted by Gasteiger charge is 2.09. The van der Waals surface area contributed by atoms with E-state index in [0.29, 0.717) is 25.6 Å². The lowest BCUT2D eigenvalue weighted by atomic mass is 10.3. The van der Waals surface area contributed by atoms with Crippen LogP contribution in [0.15, 0.2) is 18.3 Å². The van der Waals surface area contributed by atoms with Crippen LogP contribution in [0.3, 0.4) is 0 Å². The quantitative estimate of drug-likeness (QED) is 0.578. The minimum atomic E-state index is -0.287. The molecule has 0 amide bonds. The Balaban J connectivity index is 2.16. The topological polar surface area (TPSA) is 39.1 Å². The molecule has 0 aliphatic rings. The predicted molar refractivity (Wildman–Crippen MR) is 84.9 cm³/mol. The molecule has 2 heterocycles. The number of pyridine rings is 1. The predicted octanol–water partition coefficient (Wildman–Crippen LogP) is 2.95. The third-order valence-electron chi connectivity index (χ3n) is 2.66. The average molecular weight is 395 g/mol. The zero-order valence-electron chi connectivity index (χ0n) is 10.5. The lowest BCUT2D eigenvalue weighted by Gasteiger charge is -2.07. The van der Waals surface area contributed by atoms with Gasteiger partial charge in [-0.15, -0.1) is 0 Å². The molecule has 4 nitrogen and oxygen atoms in total. The number of fused-ring (bicyclic) bond motifs is 1. The van der Waals surface area contributed by atoms with Gasteiger partial charge in [-0.3, -0.25) is 0 Å². The van der Waals surface area contributed by atoms with E-state index in [-0.39, 0.29) is 5.82 Å². The van der Waals surface area contributed by atoms with Crippen molar-refractivity contribution in [3.63, 3.8) is 0 Å². The number of ether oxygens (including phenoxy) is 1. The summed E-state index contributed by atoms with van der Waals surface area (Å²) in [4.78, 5) is 4.31. The summed E-state index contributed by atoms with van der Waals surface area (Å²) >= 11 is 2.23. The minimum Gasteiger partial charge on any atom is -0.360 e. The molecule has 2 rings (SSSR count). The number of nitrogens with zero attached hydrogens (tertiary/aromatic N) is 2. The second-order valence-corrected chi connectivity index (χ2v) is 6.48. The van der Waals surface area contributed by atoms with Crippen LogP contribution in [0.4, 0.5) is 4.39 Å². The van der Waals surface area contributed by atoms with E-state index in [1.165, 1.54) is 6.07 Å². The van der Waals surface area contributed by atoms with Crippen LogP contribution in [0.2, 0.25) is 0 Å².